The molecule has 0 unspecified atom stereocenters. The Labute approximate surface area is 155 Å². The molecule has 0 saturated carbocycles. The van der Waals surface area contributed by atoms with Crippen molar-refractivity contribution in [3.05, 3.63) is 53.2 Å². The quantitative estimate of drug-likeness (QED) is 0.752. The Morgan fingerprint density at radius 3 is 2.54 bits per heavy atom. The van der Waals surface area contributed by atoms with Crippen LogP contribution < -0.4 is 0 Å². The van der Waals surface area contributed by atoms with Crippen molar-refractivity contribution >= 4 is 29.5 Å². The highest BCUT2D eigenvalue weighted by atomic mass is 32.2. The minimum Gasteiger partial charge on any atom is -0.325 e. The van der Waals surface area contributed by atoms with E-state index in [-0.39, 0.29) is 12.8 Å². The molecule has 1 aliphatic heterocycles. The van der Waals surface area contributed by atoms with E-state index in [0.29, 0.717) is 17.0 Å². The Bertz CT molecular complexity index is 851. The van der Waals surface area contributed by atoms with E-state index in [1.165, 1.54) is 11.8 Å². The molecule has 0 aliphatic carbocycles. The molecule has 0 atom stereocenters. The van der Waals surface area contributed by atoms with E-state index < -0.39 is 17.8 Å². The third-order valence-electron chi connectivity index (χ3n) is 4.06. The minimum atomic E-state index is -0.701. The van der Waals surface area contributed by atoms with Gasteiger partial charge >= 0.3 is 5.97 Å². The van der Waals surface area contributed by atoms with Crippen LogP contribution >= 0.6 is 11.8 Å². The molecule has 2 amide bonds. The molecule has 0 spiro atoms. The van der Waals surface area contributed by atoms with Crippen molar-refractivity contribution in [1.82, 2.24) is 10.0 Å². The first-order valence-electron chi connectivity index (χ1n) is 8.30. The SMILES string of the molecule is CCc1c(C(=O)ON2C(=O)CCC2=O)ccc(C)c1Sc1ccccn1. The predicted molar refractivity (Wildman–Crippen MR) is 95.4 cm³/mol. The molecule has 1 aliphatic rings. The first-order valence-corrected chi connectivity index (χ1v) is 9.12. The lowest BCUT2D eigenvalue weighted by Gasteiger charge is -2.17. The summed E-state index contributed by atoms with van der Waals surface area (Å²) < 4.78 is 0. The number of aryl methyl sites for hydroxylation is 1. The first-order chi connectivity index (χ1) is 12.5. The fourth-order valence-electron chi connectivity index (χ4n) is 2.73. The maximum absolute atomic E-state index is 12.6. The second kappa shape index (κ2) is 7.70. The Balaban J connectivity index is 1.92. The number of carbonyl (C=O) groups is 3. The molecule has 1 fully saturated rings. The average molecular weight is 370 g/mol. The van der Waals surface area contributed by atoms with Crippen LogP contribution in [-0.2, 0) is 20.8 Å². The maximum atomic E-state index is 12.6. The van der Waals surface area contributed by atoms with Crippen LogP contribution in [0.4, 0.5) is 0 Å². The predicted octanol–water partition coefficient (Wildman–Crippen LogP) is 3.32. The third-order valence-corrected chi connectivity index (χ3v) is 5.28. The van der Waals surface area contributed by atoms with E-state index in [4.69, 9.17) is 4.84 Å². The summed E-state index contributed by atoms with van der Waals surface area (Å²) in [6, 6.07) is 9.14. The molecule has 0 N–H and O–H groups in total. The lowest BCUT2D eigenvalue weighted by molar-refractivity contribution is -0.172. The first kappa shape index (κ1) is 18.1. The van der Waals surface area contributed by atoms with Crippen molar-refractivity contribution in [2.75, 3.05) is 0 Å². The lowest BCUT2D eigenvalue weighted by atomic mass is 10.0. The summed E-state index contributed by atoms with van der Waals surface area (Å²) in [6.07, 6.45) is 2.46. The van der Waals surface area contributed by atoms with Crippen LogP contribution in [-0.4, -0.2) is 27.8 Å². The zero-order valence-corrected chi connectivity index (χ0v) is 15.3. The second-order valence-corrected chi connectivity index (χ2v) is 6.85. The smallest absolute Gasteiger partial charge is 0.325 e. The molecule has 3 rings (SSSR count). The normalized spacial score (nSPS) is 14.0. The van der Waals surface area contributed by atoms with Gasteiger partial charge in [0.25, 0.3) is 11.8 Å². The van der Waals surface area contributed by atoms with Crippen molar-refractivity contribution in [1.29, 1.82) is 0 Å². The highest BCUT2D eigenvalue weighted by Gasteiger charge is 2.33. The second-order valence-electron chi connectivity index (χ2n) is 5.82. The number of rotatable bonds is 5. The molecule has 2 heterocycles. The standard InChI is InChI=1S/C19H18N2O4S/c1-3-13-14(19(24)25-21-16(22)9-10-17(21)23)8-7-12(2)18(13)26-15-6-4-5-11-20-15/h4-8,11H,3,9-10H2,1-2H3. The van der Waals surface area contributed by atoms with Crippen molar-refractivity contribution in [3.63, 3.8) is 0 Å². The number of aromatic nitrogens is 1. The zero-order chi connectivity index (χ0) is 18.7. The molecule has 6 nitrogen and oxygen atoms in total. The molecule has 0 bridgehead atoms. The molecular formula is C19H18N2O4S. The lowest BCUT2D eigenvalue weighted by Crippen LogP contribution is -2.32. The third kappa shape index (κ3) is 3.62. The number of nitrogens with zero attached hydrogens (tertiary/aromatic N) is 2. The zero-order valence-electron chi connectivity index (χ0n) is 14.5. The van der Waals surface area contributed by atoms with Gasteiger partial charge in [0, 0.05) is 23.9 Å². The van der Waals surface area contributed by atoms with Gasteiger partial charge in [0.15, 0.2) is 0 Å². The van der Waals surface area contributed by atoms with Gasteiger partial charge in [0.2, 0.25) is 0 Å². The van der Waals surface area contributed by atoms with E-state index in [1.54, 1.807) is 12.3 Å². The molecule has 26 heavy (non-hydrogen) atoms. The molecule has 0 radical (unpaired) electrons. The van der Waals surface area contributed by atoms with Crippen LogP contribution in [0.25, 0.3) is 0 Å². The van der Waals surface area contributed by atoms with Gasteiger partial charge in [-0.05, 0) is 42.7 Å². The van der Waals surface area contributed by atoms with E-state index in [2.05, 4.69) is 4.98 Å². The van der Waals surface area contributed by atoms with Crippen molar-refractivity contribution in [2.45, 2.75) is 43.0 Å². The van der Waals surface area contributed by atoms with Crippen molar-refractivity contribution in [2.24, 2.45) is 0 Å². The van der Waals surface area contributed by atoms with Crippen LogP contribution in [0.5, 0.6) is 0 Å². The van der Waals surface area contributed by atoms with Gasteiger partial charge in [-0.25, -0.2) is 9.78 Å². The van der Waals surface area contributed by atoms with Crippen LogP contribution in [0.2, 0.25) is 0 Å². The molecular weight excluding hydrogens is 352 g/mol. The van der Waals surface area contributed by atoms with Crippen LogP contribution in [0, 0.1) is 6.92 Å². The molecule has 1 aromatic carbocycles. The minimum absolute atomic E-state index is 0.0709. The van der Waals surface area contributed by atoms with Gasteiger partial charge in [-0.1, -0.05) is 30.8 Å². The molecule has 1 aromatic heterocycles. The van der Waals surface area contributed by atoms with Gasteiger partial charge in [0.1, 0.15) is 5.03 Å². The Morgan fingerprint density at radius 1 is 1.19 bits per heavy atom. The summed E-state index contributed by atoms with van der Waals surface area (Å²) in [6.45, 7) is 3.91. The summed E-state index contributed by atoms with van der Waals surface area (Å²) in [7, 11) is 0. The molecule has 7 heteroatoms. The van der Waals surface area contributed by atoms with E-state index in [1.807, 2.05) is 38.1 Å². The Morgan fingerprint density at radius 2 is 1.92 bits per heavy atom. The summed E-state index contributed by atoms with van der Waals surface area (Å²) in [5.41, 5.74) is 2.18. The highest BCUT2D eigenvalue weighted by molar-refractivity contribution is 7.99. The number of hydrogen-bond acceptors (Lipinski definition) is 6. The monoisotopic (exact) mass is 370 g/mol. The van der Waals surface area contributed by atoms with Crippen molar-refractivity contribution < 1.29 is 19.2 Å². The Kier molecular flexibility index (Phi) is 5.37. The van der Waals surface area contributed by atoms with E-state index >= 15 is 0 Å². The average Bonchev–Trinajstić information content (AvgIpc) is 2.96. The topological polar surface area (TPSA) is 76.6 Å². The van der Waals surface area contributed by atoms with Gasteiger partial charge in [-0.2, -0.15) is 0 Å². The van der Waals surface area contributed by atoms with Crippen LogP contribution in [0.1, 0.15) is 41.3 Å². The number of hydrogen-bond donors (Lipinski definition) is 0. The highest BCUT2D eigenvalue weighted by Crippen LogP contribution is 2.34. The summed E-state index contributed by atoms with van der Waals surface area (Å²) in [5, 5.41) is 1.40. The summed E-state index contributed by atoms with van der Waals surface area (Å²) >= 11 is 1.47. The number of pyridine rings is 1. The van der Waals surface area contributed by atoms with Crippen molar-refractivity contribution in [3.8, 4) is 0 Å². The molecule has 2 aromatic rings. The maximum Gasteiger partial charge on any atom is 0.364 e. The van der Waals surface area contributed by atoms with E-state index in [0.717, 1.165) is 21.0 Å². The largest absolute Gasteiger partial charge is 0.364 e. The van der Waals surface area contributed by atoms with Gasteiger partial charge in [-0.3, -0.25) is 9.59 Å². The molecule has 134 valence electrons. The Hall–Kier alpha value is -2.67. The number of imide groups is 1. The van der Waals surface area contributed by atoms with Crippen LogP contribution in [0.3, 0.4) is 0 Å². The van der Waals surface area contributed by atoms with Crippen LogP contribution in [0.15, 0.2) is 46.5 Å². The molecule has 1 saturated heterocycles. The fourth-order valence-corrected chi connectivity index (χ4v) is 3.81. The van der Waals surface area contributed by atoms with Gasteiger partial charge in [0.05, 0.1) is 5.56 Å². The van der Waals surface area contributed by atoms with Gasteiger partial charge in [-0.15, -0.1) is 5.06 Å². The summed E-state index contributed by atoms with van der Waals surface area (Å²) in [4.78, 5) is 46.3. The van der Waals surface area contributed by atoms with Gasteiger partial charge < -0.3 is 4.84 Å². The van der Waals surface area contributed by atoms with E-state index in [9.17, 15) is 14.4 Å². The summed E-state index contributed by atoms with van der Waals surface area (Å²) in [5.74, 6) is -1.68. The number of carbonyl (C=O) groups excluding carboxylic acids is 3. The number of amides is 2. The number of benzene rings is 1. The number of hydroxylamine groups is 2. The fraction of sp³-hybridized carbons (Fsp3) is 0.263.